The van der Waals surface area contributed by atoms with Crippen LogP contribution in [-0.4, -0.2) is 62.6 Å². The Hall–Kier alpha value is -2.08. The molecule has 1 unspecified atom stereocenters. The Balaban J connectivity index is 1.63. The maximum atomic E-state index is 12.1. The minimum absolute atomic E-state index is 0.0425. The lowest BCUT2D eigenvalue weighted by Crippen LogP contribution is -2.46. The highest BCUT2D eigenvalue weighted by atomic mass is 16.1. The third-order valence-electron chi connectivity index (χ3n) is 5.12. The molecule has 2 rings (SSSR count). The molecule has 1 fully saturated rings. The van der Waals surface area contributed by atoms with Crippen LogP contribution in [0, 0.1) is 6.92 Å². The average Bonchev–Trinajstić information content (AvgIpc) is 2.69. The van der Waals surface area contributed by atoms with Crippen LogP contribution >= 0.6 is 0 Å². The van der Waals surface area contributed by atoms with Crippen molar-refractivity contribution < 1.29 is 4.79 Å². The second-order valence-corrected chi connectivity index (χ2v) is 7.14. The molecule has 6 heteroatoms. The number of carbonyl (C=O) groups is 1. The van der Waals surface area contributed by atoms with Gasteiger partial charge < -0.3 is 16.0 Å². The number of guanidine groups is 1. The van der Waals surface area contributed by atoms with Crippen molar-refractivity contribution in [3.8, 4) is 0 Å². The highest BCUT2D eigenvalue weighted by molar-refractivity contribution is 5.94. The number of rotatable bonds is 8. The molecule has 0 saturated carbocycles. The maximum absolute atomic E-state index is 12.1. The van der Waals surface area contributed by atoms with Gasteiger partial charge in [-0.2, -0.15) is 0 Å². The van der Waals surface area contributed by atoms with Crippen molar-refractivity contribution in [2.45, 2.75) is 45.6 Å². The molecule has 0 aliphatic carbocycles. The van der Waals surface area contributed by atoms with Crippen LogP contribution in [0.1, 0.15) is 48.5 Å². The average molecular weight is 374 g/mol. The summed E-state index contributed by atoms with van der Waals surface area (Å²) in [5.41, 5.74) is 1.79. The number of carbonyl (C=O) groups excluding carboxylic acids is 1. The van der Waals surface area contributed by atoms with Crippen molar-refractivity contribution in [3.05, 3.63) is 35.4 Å². The Morgan fingerprint density at radius 2 is 1.96 bits per heavy atom. The lowest BCUT2D eigenvalue weighted by molar-refractivity contribution is 0.0954. The summed E-state index contributed by atoms with van der Waals surface area (Å²) in [6.07, 6.45) is 5.22. The summed E-state index contributed by atoms with van der Waals surface area (Å²) < 4.78 is 0. The number of nitrogens with zero attached hydrogens (tertiary/aromatic N) is 2. The number of aryl methyl sites for hydroxylation is 1. The van der Waals surface area contributed by atoms with Gasteiger partial charge >= 0.3 is 0 Å². The Morgan fingerprint density at radius 1 is 1.19 bits per heavy atom. The number of likely N-dealkylation sites (tertiary alicyclic amines) is 1. The standard InChI is InChI=1S/C21H35N5O/c1-4-19-10-5-6-14-26(19)15-13-25-21(22-3)24-12-11-23-20(27)18-9-7-8-17(2)16-18/h7-9,16,19H,4-6,10-15H2,1-3H3,(H,23,27)(H2,22,24,25). The highest BCUT2D eigenvalue weighted by Gasteiger charge is 2.19. The first kappa shape index (κ1) is 21.2. The zero-order valence-corrected chi connectivity index (χ0v) is 17.1. The van der Waals surface area contributed by atoms with Gasteiger partial charge in [-0.3, -0.25) is 14.7 Å². The van der Waals surface area contributed by atoms with E-state index >= 15 is 0 Å². The number of piperidine rings is 1. The van der Waals surface area contributed by atoms with E-state index in [0.717, 1.165) is 30.7 Å². The van der Waals surface area contributed by atoms with Gasteiger partial charge in [0, 0.05) is 44.8 Å². The van der Waals surface area contributed by atoms with Crippen LogP contribution < -0.4 is 16.0 Å². The lowest BCUT2D eigenvalue weighted by Gasteiger charge is -2.35. The summed E-state index contributed by atoms with van der Waals surface area (Å²) in [4.78, 5) is 19.0. The fourth-order valence-corrected chi connectivity index (χ4v) is 3.60. The molecule has 1 aromatic carbocycles. The Labute approximate surface area is 163 Å². The minimum Gasteiger partial charge on any atom is -0.355 e. The third-order valence-corrected chi connectivity index (χ3v) is 5.12. The molecule has 27 heavy (non-hydrogen) atoms. The number of nitrogens with one attached hydrogen (secondary N) is 3. The van der Waals surface area contributed by atoms with Gasteiger partial charge in [0.05, 0.1) is 0 Å². The van der Waals surface area contributed by atoms with Gasteiger partial charge in [0.2, 0.25) is 0 Å². The smallest absolute Gasteiger partial charge is 0.251 e. The van der Waals surface area contributed by atoms with E-state index in [2.05, 4.69) is 32.8 Å². The highest BCUT2D eigenvalue weighted by Crippen LogP contribution is 2.18. The molecular weight excluding hydrogens is 338 g/mol. The van der Waals surface area contributed by atoms with Gasteiger partial charge in [-0.25, -0.2) is 0 Å². The SMILES string of the molecule is CCC1CCCCN1CCNC(=NC)NCCNC(=O)c1cccc(C)c1. The molecule has 0 spiro atoms. The molecule has 1 aliphatic rings. The van der Waals surface area contributed by atoms with E-state index in [9.17, 15) is 4.79 Å². The second-order valence-electron chi connectivity index (χ2n) is 7.14. The number of aliphatic imine (C=N–C) groups is 1. The zero-order chi connectivity index (χ0) is 19.5. The van der Waals surface area contributed by atoms with Crippen molar-refractivity contribution in [1.29, 1.82) is 0 Å². The molecule has 1 amide bonds. The topological polar surface area (TPSA) is 68.8 Å². The molecule has 150 valence electrons. The van der Waals surface area contributed by atoms with Gasteiger partial charge in [-0.15, -0.1) is 0 Å². The summed E-state index contributed by atoms with van der Waals surface area (Å²) in [6.45, 7) is 8.59. The fraction of sp³-hybridized carbons (Fsp3) is 0.619. The monoisotopic (exact) mass is 373 g/mol. The Kier molecular flexibility index (Phi) is 9.11. The van der Waals surface area contributed by atoms with Crippen molar-refractivity contribution in [3.63, 3.8) is 0 Å². The zero-order valence-electron chi connectivity index (χ0n) is 17.1. The van der Waals surface area contributed by atoms with Crippen LogP contribution in [0.4, 0.5) is 0 Å². The van der Waals surface area contributed by atoms with Crippen LogP contribution in [0.25, 0.3) is 0 Å². The van der Waals surface area contributed by atoms with E-state index < -0.39 is 0 Å². The summed E-state index contributed by atoms with van der Waals surface area (Å²) in [5.74, 6) is 0.740. The first-order valence-corrected chi connectivity index (χ1v) is 10.2. The van der Waals surface area contributed by atoms with Crippen LogP contribution in [0.3, 0.4) is 0 Å². The van der Waals surface area contributed by atoms with Crippen molar-refractivity contribution in [1.82, 2.24) is 20.9 Å². The van der Waals surface area contributed by atoms with E-state index in [-0.39, 0.29) is 5.91 Å². The van der Waals surface area contributed by atoms with Crippen molar-refractivity contribution in [2.75, 3.05) is 39.8 Å². The van der Waals surface area contributed by atoms with Gasteiger partial charge in [0.25, 0.3) is 5.91 Å². The number of benzene rings is 1. The molecule has 0 radical (unpaired) electrons. The van der Waals surface area contributed by atoms with E-state index in [1.807, 2.05) is 31.2 Å². The largest absolute Gasteiger partial charge is 0.355 e. The molecule has 1 saturated heterocycles. The summed E-state index contributed by atoms with van der Waals surface area (Å²) in [6, 6.07) is 8.35. The summed E-state index contributed by atoms with van der Waals surface area (Å²) >= 11 is 0. The molecule has 1 aromatic rings. The number of amides is 1. The lowest BCUT2D eigenvalue weighted by atomic mass is 10.0. The first-order valence-electron chi connectivity index (χ1n) is 10.2. The molecule has 0 aromatic heterocycles. The summed E-state index contributed by atoms with van der Waals surface area (Å²) in [7, 11) is 1.77. The Morgan fingerprint density at radius 3 is 2.70 bits per heavy atom. The molecule has 1 heterocycles. The predicted octanol–water partition coefficient (Wildman–Crippen LogP) is 2.15. The van der Waals surface area contributed by atoms with E-state index in [0.29, 0.717) is 18.7 Å². The molecule has 1 atom stereocenters. The number of hydrogen-bond donors (Lipinski definition) is 3. The van der Waals surface area contributed by atoms with Gasteiger partial charge in [-0.1, -0.05) is 31.0 Å². The van der Waals surface area contributed by atoms with E-state index in [4.69, 9.17) is 0 Å². The van der Waals surface area contributed by atoms with Gasteiger partial charge in [0.15, 0.2) is 5.96 Å². The van der Waals surface area contributed by atoms with Crippen LogP contribution in [0.15, 0.2) is 29.3 Å². The van der Waals surface area contributed by atoms with Crippen molar-refractivity contribution >= 4 is 11.9 Å². The quantitative estimate of drug-likeness (QED) is 0.371. The third kappa shape index (κ3) is 7.21. The van der Waals surface area contributed by atoms with Crippen LogP contribution in [0.5, 0.6) is 0 Å². The normalized spacial score (nSPS) is 18.2. The molecule has 3 N–H and O–H groups in total. The van der Waals surface area contributed by atoms with Crippen molar-refractivity contribution in [2.24, 2.45) is 4.99 Å². The fourth-order valence-electron chi connectivity index (χ4n) is 3.60. The van der Waals surface area contributed by atoms with Gasteiger partial charge in [0.1, 0.15) is 0 Å². The van der Waals surface area contributed by atoms with E-state index in [1.165, 1.54) is 32.2 Å². The summed E-state index contributed by atoms with van der Waals surface area (Å²) in [5, 5.41) is 9.56. The minimum atomic E-state index is -0.0425. The molecule has 0 bridgehead atoms. The van der Waals surface area contributed by atoms with E-state index in [1.54, 1.807) is 7.05 Å². The molecule has 1 aliphatic heterocycles. The van der Waals surface area contributed by atoms with Crippen LogP contribution in [0.2, 0.25) is 0 Å². The molecule has 6 nitrogen and oxygen atoms in total. The predicted molar refractivity (Wildman–Crippen MR) is 112 cm³/mol. The number of hydrogen-bond acceptors (Lipinski definition) is 3. The molecular formula is C21H35N5O. The van der Waals surface area contributed by atoms with Gasteiger partial charge in [-0.05, 0) is 44.9 Å². The van der Waals surface area contributed by atoms with Crippen LogP contribution in [-0.2, 0) is 0 Å². The first-order chi connectivity index (χ1) is 13.1. The Bertz CT molecular complexity index is 616. The second kappa shape index (κ2) is 11.6. The maximum Gasteiger partial charge on any atom is 0.251 e.